The monoisotopic (exact) mass is 285 g/mol. The quantitative estimate of drug-likeness (QED) is 0.803. The van der Waals surface area contributed by atoms with Crippen LogP contribution in [-0.2, 0) is 0 Å². The molecule has 2 aromatic heterocycles. The number of carboxylic acids is 1. The largest absolute Gasteiger partial charge is 0.477 e. The Morgan fingerprint density at radius 3 is 2.75 bits per heavy atom. The molecule has 0 atom stereocenters. The molecular formula is C14H11N3O2S. The van der Waals surface area contributed by atoms with Gasteiger partial charge in [-0.2, -0.15) is 9.78 Å². The van der Waals surface area contributed by atoms with Crippen LogP contribution in [0.2, 0.25) is 0 Å². The molecular weight excluding hydrogens is 274 g/mol. The Hall–Kier alpha value is -2.47. The predicted molar refractivity (Wildman–Crippen MR) is 76.4 cm³/mol. The number of hydrogen-bond acceptors (Lipinski definition) is 4. The SMILES string of the molecule is Cc1cc(C(=O)O)n(-c2ncc(-c3ccccc3)s2)n1. The zero-order valence-corrected chi connectivity index (χ0v) is 11.5. The van der Waals surface area contributed by atoms with Crippen LogP contribution < -0.4 is 0 Å². The van der Waals surface area contributed by atoms with Gasteiger partial charge in [0.2, 0.25) is 5.13 Å². The highest BCUT2D eigenvalue weighted by Gasteiger charge is 2.16. The second kappa shape index (κ2) is 4.90. The number of aromatic nitrogens is 3. The van der Waals surface area contributed by atoms with Crippen molar-refractivity contribution in [1.29, 1.82) is 0 Å². The van der Waals surface area contributed by atoms with E-state index >= 15 is 0 Å². The van der Waals surface area contributed by atoms with Crippen LogP contribution in [0.25, 0.3) is 15.6 Å². The third-order valence-corrected chi connectivity index (χ3v) is 3.81. The van der Waals surface area contributed by atoms with E-state index in [0.717, 1.165) is 10.4 Å². The molecule has 0 aliphatic heterocycles. The predicted octanol–water partition coefficient (Wildman–Crippen LogP) is 3.00. The molecule has 0 spiro atoms. The topological polar surface area (TPSA) is 68.0 Å². The summed E-state index contributed by atoms with van der Waals surface area (Å²) in [6.07, 6.45) is 1.73. The van der Waals surface area contributed by atoms with E-state index in [1.807, 2.05) is 30.3 Å². The third kappa shape index (κ3) is 2.21. The van der Waals surface area contributed by atoms with Crippen LogP contribution in [0.15, 0.2) is 42.6 Å². The van der Waals surface area contributed by atoms with E-state index in [-0.39, 0.29) is 5.69 Å². The van der Waals surface area contributed by atoms with Crippen molar-refractivity contribution in [2.24, 2.45) is 0 Å². The molecule has 0 aliphatic carbocycles. The van der Waals surface area contributed by atoms with Gasteiger partial charge in [-0.3, -0.25) is 0 Å². The summed E-state index contributed by atoms with van der Waals surface area (Å²) in [6, 6.07) is 11.4. The highest BCUT2D eigenvalue weighted by molar-refractivity contribution is 7.17. The maximum atomic E-state index is 11.2. The Labute approximate surface area is 119 Å². The number of benzene rings is 1. The molecule has 100 valence electrons. The average Bonchev–Trinajstić information content (AvgIpc) is 3.06. The van der Waals surface area contributed by atoms with Crippen LogP contribution >= 0.6 is 11.3 Å². The van der Waals surface area contributed by atoms with E-state index in [4.69, 9.17) is 0 Å². The first-order chi connectivity index (χ1) is 9.65. The molecule has 6 heteroatoms. The number of carboxylic acid groups (broad SMARTS) is 1. The summed E-state index contributed by atoms with van der Waals surface area (Å²) >= 11 is 1.41. The van der Waals surface area contributed by atoms with Crippen LogP contribution in [0, 0.1) is 6.92 Å². The maximum absolute atomic E-state index is 11.2. The smallest absolute Gasteiger partial charge is 0.354 e. The van der Waals surface area contributed by atoms with Gasteiger partial charge in [-0.25, -0.2) is 9.78 Å². The molecule has 0 bridgehead atoms. The summed E-state index contributed by atoms with van der Waals surface area (Å²) in [5.41, 5.74) is 1.83. The van der Waals surface area contributed by atoms with E-state index in [2.05, 4.69) is 10.1 Å². The molecule has 0 amide bonds. The molecule has 3 rings (SSSR count). The van der Waals surface area contributed by atoms with Gasteiger partial charge in [0.15, 0.2) is 5.69 Å². The van der Waals surface area contributed by atoms with Crippen LogP contribution in [0.4, 0.5) is 0 Å². The van der Waals surface area contributed by atoms with E-state index in [0.29, 0.717) is 10.8 Å². The van der Waals surface area contributed by atoms with Gasteiger partial charge in [0.25, 0.3) is 0 Å². The van der Waals surface area contributed by atoms with Gasteiger partial charge in [-0.05, 0) is 18.6 Å². The van der Waals surface area contributed by atoms with Gasteiger partial charge >= 0.3 is 5.97 Å². The lowest BCUT2D eigenvalue weighted by molar-refractivity contribution is 0.0687. The van der Waals surface area contributed by atoms with E-state index < -0.39 is 5.97 Å². The van der Waals surface area contributed by atoms with Crippen molar-refractivity contribution < 1.29 is 9.90 Å². The number of hydrogen-bond donors (Lipinski definition) is 1. The van der Waals surface area contributed by atoms with Crippen molar-refractivity contribution in [2.75, 3.05) is 0 Å². The van der Waals surface area contributed by atoms with Crippen molar-refractivity contribution in [3.05, 3.63) is 54.0 Å². The summed E-state index contributed by atoms with van der Waals surface area (Å²) < 4.78 is 1.37. The molecule has 0 aliphatic rings. The molecule has 3 aromatic rings. The molecule has 20 heavy (non-hydrogen) atoms. The molecule has 0 saturated heterocycles. The molecule has 1 aromatic carbocycles. The lowest BCUT2D eigenvalue weighted by Crippen LogP contribution is -2.07. The first kappa shape index (κ1) is 12.6. The number of carbonyl (C=O) groups is 1. The first-order valence-electron chi connectivity index (χ1n) is 5.97. The molecule has 1 N–H and O–H groups in total. The summed E-state index contributed by atoms with van der Waals surface area (Å²) in [5, 5.41) is 13.9. The normalized spacial score (nSPS) is 10.7. The minimum atomic E-state index is -1.01. The molecule has 0 radical (unpaired) electrons. The fourth-order valence-corrected chi connectivity index (χ4v) is 2.78. The Morgan fingerprint density at radius 1 is 1.30 bits per heavy atom. The van der Waals surface area contributed by atoms with Crippen LogP contribution in [0.5, 0.6) is 0 Å². The van der Waals surface area contributed by atoms with Crippen molar-refractivity contribution in [1.82, 2.24) is 14.8 Å². The fraction of sp³-hybridized carbons (Fsp3) is 0.0714. The highest BCUT2D eigenvalue weighted by Crippen LogP contribution is 2.28. The van der Waals surface area contributed by atoms with Crippen molar-refractivity contribution in [3.8, 4) is 15.6 Å². The second-order valence-electron chi connectivity index (χ2n) is 4.26. The lowest BCUT2D eigenvalue weighted by Gasteiger charge is -1.98. The summed E-state index contributed by atoms with van der Waals surface area (Å²) in [6.45, 7) is 1.76. The Morgan fingerprint density at radius 2 is 2.05 bits per heavy atom. The number of nitrogens with zero attached hydrogens (tertiary/aromatic N) is 3. The van der Waals surface area contributed by atoms with Gasteiger partial charge in [0.05, 0.1) is 10.6 Å². The summed E-state index contributed by atoms with van der Waals surface area (Å²) in [7, 11) is 0. The number of thiazole rings is 1. The standard InChI is InChI=1S/C14H11N3O2S/c1-9-7-11(13(18)19)17(16-9)14-15-8-12(20-14)10-5-3-2-4-6-10/h2-8H,1H3,(H,18,19). The maximum Gasteiger partial charge on any atom is 0.354 e. The summed E-state index contributed by atoms with van der Waals surface area (Å²) in [5.74, 6) is -1.01. The van der Waals surface area contributed by atoms with Gasteiger partial charge in [0.1, 0.15) is 0 Å². The molecule has 0 saturated carbocycles. The van der Waals surface area contributed by atoms with Gasteiger partial charge < -0.3 is 5.11 Å². The molecule has 2 heterocycles. The van der Waals surface area contributed by atoms with E-state index in [1.165, 1.54) is 22.1 Å². The van der Waals surface area contributed by atoms with Crippen molar-refractivity contribution >= 4 is 17.3 Å². The third-order valence-electron chi connectivity index (χ3n) is 2.78. The Kier molecular flexibility index (Phi) is 3.08. The average molecular weight is 285 g/mol. The fourth-order valence-electron chi connectivity index (χ4n) is 1.90. The van der Waals surface area contributed by atoms with Gasteiger partial charge in [-0.15, -0.1) is 0 Å². The highest BCUT2D eigenvalue weighted by atomic mass is 32.1. The van der Waals surface area contributed by atoms with Crippen molar-refractivity contribution in [3.63, 3.8) is 0 Å². The number of aromatic carboxylic acids is 1. The first-order valence-corrected chi connectivity index (χ1v) is 6.78. The van der Waals surface area contributed by atoms with E-state index in [1.54, 1.807) is 13.1 Å². The number of rotatable bonds is 3. The van der Waals surface area contributed by atoms with Crippen molar-refractivity contribution in [2.45, 2.75) is 6.92 Å². The summed E-state index contributed by atoms with van der Waals surface area (Å²) in [4.78, 5) is 16.5. The van der Waals surface area contributed by atoms with Crippen LogP contribution in [0.1, 0.15) is 16.2 Å². The van der Waals surface area contributed by atoms with Crippen LogP contribution in [0.3, 0.4) is 0 Å². The zero-order valence-electron chi connectivity index (χ0n) is 10.6. The Bertz CT molecular complexity index is 762. The second-order valence-corrected chi connectivity index (χ2v) is 5.27. The molecule has 5 nitrogen and oxygen atoms in total. The number of aryl methyl sites for hydroxylation is 1. The van der Waals surface area contributed by atoms with Gasteiger partial charge in [0, 0.05) is 6.20 Å². The van der Waals surface area contributed by atoms with Gasteiger partial charge in [-0.1, -0.05) is 41.7 Å². The Balaban J connectivity index is 2.05. The minimum absolute atomic E-state index is 0.122. The van der Waals surface area contributed by atoms with E-state index in [9.17, 15) is 9.90 Å². The van der Waals surface area contributed by atoms with Crippen LogP contribution in [-0.4, -0.2) is 25.8 Å². The zero-order chi connectivity index (χ0) is 14.1. The molecule has 0 fully saturated rings. The lowest BCUT2D eigenvalue weighted by atomic mass is 10.2. The minimum Gasteiger partial charge on any atom is -0.477 e. The molecule has 0 unspecified atom stereocenters.